The maximum Gasteiger partial charge on any atom is 0.147 e. The van der Waals surface area contributed by atoms with E-state index in [1.54, 1.807) is 0 Å². The third-order valence-corrected chi connectivity index (χ3v) is 5.33. The van der Waals surface area contributed by atoms with Gasteiger partial charge in [0.1, 0.15) is 12.2 Å². The van der Waals surface area contributed by atoms with Crippen LogP contribution in [0.15, 0.2) is 6.33 Å². The van der Waals surface area contributed by atoms with Crippen molar-refractivity contribution in [1.29, 1.82) is 0 Å². The predicted octanol–water partition coefficient (Wildman–Crippen LogP) is 1.25. The molecule has 1 aromatic heterocycles. The van der Waals surface area contributed by atoms with E-state index in [0.717, 1.165) is 37.9 Å². The molecule has 1 saturated carbocycles. The molecule has 0 saturated heterocycles. The Labute approximate surface area is 115 Å². The van der Waals surface area contributed by atoms with Gasteiger partial charge in [0.2, 0.25) is 0 Å². The lowest BCUT2D eigenvalue weighted by atomic mass is 9.68. The van der Waals surface area contributed by atoms with Crippen molar-refractivity contribution in [2.45, 2.75) is 51.7 Å². The van der Waals surface area contributed by atoms with E-state index < -0.39 is 0 Å². The molecule has 1 aromatic rings. The minimum Gasteiger partial charge on any atom is -0.329 e. The van der Waals surface area contributed by atoms with Gasteiger partial charge in [-0.25, -0.2) is 0 Å². The van der Waals surface area contributed by atoms with Gasteiger partial charge in [-0.05, 0) is 24.7 Å². The van der Waals surface area contributed by atoms with Crippen molar-refractivity contribution in [2.75, 3.05) is 13.1 Å². The standard InChI is InChI=1S/C14H25N5/c1-11-3-4-12(2)14(7-11,9-15)19-6-5-18-10-16-17-13(18)8-19/h10-12H,3-9,15H2,1-2H3. The molecule has 1 aliphatic heterocycles. The van der Waals surface area contributed by atoms with E-state index in [1.807, 2.05) is 6.33 Å². The van der Waals surface area contributed by atoms with Crippen LogP contribution in [0.2, 0.25) is 0 Å². The molecule has 106 valence electrons. The molecule has 0 radical (unpaired) electrons. The molecule has 0 bridgehead atoms. The zero-order valence-electron chi connectivity index (χ0n) is 12.0. The van der Waals surface area contributed by atoms with E-state index in [2.05, 4.69) is 33.5 Å². The summed E-state index contributed by atoms with van der Waals surface area (Å²) in [6.45, 7) is 8.45. The molecule has 1 aliphatic carbocycles. The summed E-state index contributed by atoms with van der Waals surface area (Å²) < 4.78 is 2.16. The smallest absolute Gasteiger partial charge is 0.147 e. The van der Waals surface area contributed by atoms with Crippen molar-refractivity contribution in [3.05, 3.63) is 12.2 Å². The molecule has 2 heterocycles. The highest BCUT2D eigenvalue weighted by molar-refractivity contribution is 5.03. The molecule has 1 fully saturated rings. The third-order valence-electron chi connectivity index (χ3n) is 5.33. The zero-order chi connectivity index (χ0) is 13.5. The summed E-state index contributed by atoms with van der Waals surface area (Å²) in [5.41, 5.74) is 6.39. The number of rotatable bonds is 2. The summed E-state index contributed by atoms with van der Waals surface area (Å²) in [6, 6.07) is 0. The van der Waals surface area contributed by atoms with Gasteiger partial charge in [0.05, 0.1) is 6.54 Å². The van der Waals surface area contributed by atoms with Crippen molar-refractivity contribution in [2.24, 2.45) is 17.6 Å². The molecular formula is C14H25N5. The first-order valence-electron chi connectivity index (χ1n) is 7.47. The molecule has 19 heavy (non-hydrogen) atoms. The summed E-state index contributed by atoms with van der Waals surface area (Å²) in [5.74, 6) is 2.53. The van der Waals surface area contributed by atoms with Gasteiger partial charge in [-0.2, -0.15) is 0 Å². The second kappa shape index (κ2) is 4.87. The monoisotopic (exact) mass is 263 g/mol. The number of aromatic nitrogens is 3. The largest absolute Gasteiger partial charge is 0.329 e. The first-order chi connectivity index (χ1) is 9.15. The maximum absolute atomic E-state index is 6.23. The molecule has 0 aromatic carbocycles. The first-order valence-corrected chi connectivity index (χ1v) is 7.47. The van der Waals surface area contributed by atoms with E-state index in [4.69, 9.17) is 5.73 Å². The van der Waals surface area contributed by atoms with Crippen LogP contribution in [0.4, 0.5) is 0 Å². The van der Waals surface area contributed by atoms with Crippen molar-refractivity contribution >= 4 is 0 Å². The Bertz CT molecular complexity index is 443. The van der Waals surface area contributed by atoms with Gasteiger partial charge in [0, 0.05) is 25.2 Å². The number of fused-ring (bicyclic) bond motifs is 1. The minimum absolute atomic E-state index is 0.162. The number of hydrogen-bond acceptors (Lipinski definition) is 4. The average molecular weight is 263 g/mol. The number of hydrogen-bond donors (Lipinski definition) is 1. The van der Waals surface area contributed by atoms with Crippen molar-refractivity contribution in [3.8, 4) is 0 Å². The summed E-state index contributed by atoms with van der Waals surface area (Å²) in [5, 5.41) is 8.26. The van der Waals surface area contributed by atoms with Gasteiger partial charge in [-0.15, -0.1) is 10.2 Å². The SMILES string of the molecule is CC1CCC(C)C(CN)(N2CCn3cnnc3C2)C1. The molecule has 2 N–H and O–H groups in total. The molecule has 3 unspecified atom stereocenters. The Balaban J connectivity index is 1.86. The van der Waals surface area contributed by atoms with Crippen LogP contribution in [-0.4, -0.2) is 38.3 Å². The fraction of sp³-hybridized carbons (Fsp3) is 0.857. The molecule has 3 atom stereocenters. The summed E-state index contributed by atoms with van der Waals surface area (Å²) >= 11 is 0. The predicted molar refractivity (Wildman–Crippen MR) is 74.4 cm³/mol. The van der Waals surface area contributed by atoms with Crippen molar-refractivity contribution in [3.63, 3.8) is 0 Å². The number of nitrogens with zero attached hydrogens (tertiary/aromatic N) is 4. The highest BCUT2D eigenvalue weighted by Gasteiger charge is 2.45. The first kappa shape index (κ1) is 13.1. The van der Waals surface area contributed by atoms with E-state index in [1.165, 1.54) is 19.3 Å². The van der Waals surface area contributed by atoms with Crippen molar-refractivity contribution < 1.29 is 0 Å². The van der Waals surface area contributed by atoms with Crippen LogP contribution in [0.3, 0.4) is 0 Å². The second-order valence-electron chi connectivity index (χ2n) is 6.46. The van der Waals surface area contributed by atoms with E-state index in [-0.39, 0.29) is 5.54 Å². The van der Waals surface area contributed by atoms with Gasteiger partial charge in [-0.3, -0.25) is 4.90 Å². The summed E-state index contributed by atoms with van der Waals surface area (Å²) in [4.78, 5) is 2.58. The Morgan fingerprint density at radius 1 is 1.37 bits per heavy atom. The van der Waals surface area contributed by atoms with Gasteiger partial charge >= 0.3 is 0 Å². The topological polar surface area (TPSA) is 60.0 Å². The Morgan fingerprint density at radius 3 is 3.00 bits per heavy atom. The summed E-state index contributed by atoms with van der Waals surface area (Å²) in [7, 11) is 0. The fourth-order valence-corrected chi connectivity index (χ4v) is 4.01. The lowest BCUT2D eigenvalue weighted by molar-refractivity contribution is -0.0218. The molecule has 5 nitrogen and oxygen atoms in total. The lowest BCUT2D eigenvalue weighted by Gasteiger charge is -2.52. The molecular weight excluding hydrogens is 238 g/mol. The maximum atomic E-state index is 6.23. The lowest BCUT2D eigenvalue weighted by Crippen LogP contribution is -2.61. The highest BCUT2D eigenvalue weighted by Crippen LogP contribution is 2.41. The van der Waals surface area contributed by atoms with Crippen LogP contribution in [-0.2, 0) is 13.1 Å². The average Bonchev–Trinajstić information content (AvgIpc) is 2.89. The zero-order valence-corrected chi connectivity index (χ0v) is 12.0. The summed E-state index contributed by atoms with van der Waals surface area (Å²) in [6.07, 6.45) is 5.70. The quantitative estimate of drug-likeness (QED) is 0.872. The molecule has 0 spiro atoms. The van der Waals surface area contributed by atoms with Crippen LogP contribution in [0.25, 0.3) is 0 Å². The molecule has 5 heteroatoms. The van der Waals surface area contributed by atoms with Crippen LogP contribution in [0.5, 0.6) is 0 Å². The highest BCUT2D eigenvalue weighted by atomic mass is 15.3. The second-order valence-corrected chi connectivity index (χ2v) is 6.46. The molecule has 3 rings (SSSR count). The Hall–Kier alpha value is -0.940. The van der Waals surface area contributed by atoms with Crippen molar-refractivity contribution in [1.82, 2.24) is 19.7 Å². The van der Waals surface area contributed by atoms with Gasteiger partial charge in [0.15, 0.2) is 0 Å². The fourth-order valence-electron chi connectivity index (χ4n) is 4.01. The van der Waals surface area contributed by atoms with Crippen LogP contribution in [0, 0.1) is 11.8 Å². The van der Waals surface area contributed by atoms with E-state index in [9.17, 15) is 0 Å². The Kier molecular flexibility index (Phi) is 3.35. The van der Waals surface area contributed by atoms with Gasteiger partial charge < -0.3 is 10.3 Å². The van der Waals surface area contributed by atoms with E-state index in [0.29, 0.717) is 5.92 Å². The van der Waals surface area contributed by atoms with Crippen LogP contribution >= 0.6 is 0 Å². The van der Waals surface area contributed by atoms with Gasteiger partial charge in [-0.1, -0.05) is 20.3 Å². The third kappa shape index (κ3) is 2.09. The van der Waals surface area contributed by atoms with Gasteiger partial charge in [0.25, 0.3) is 0 Å². The normalized spacial score (nSPS) is 36.2. The number of nitrogens with two attached hydrogens (primary N) is 1. The molecule has 0 amide bonds. The van der Waals surface area contributed by atoms with Crippen LogP contribution in [0.1, 0.15) is 38.9 Å². The molecule has 2 aliphatic rings. The van der Waals surface area contributed by atoms with Crippen LogP contribution < -0.4 is 5.73 Å². The Morgan fingerprint density at radius 2 is 2.21 bits per heavy atom. The minimum atomic E-state index is 0.162. The van der Waals surface area contributed by atoms with E-state index >= 15 is 0 Å².